The number of Topliss-reactive ketones (excluding diaryl/α,β-unsaturated/α-hetero) is 1. The predicted octanol–water partition coefficient (Wildman–Crippen LogP) is 3.35. The van der Waals surface area contributed by atoms with E-state index in [2.05, 4.69) is 20.9 Å². The van der Waals surface area contributed by atoms with Crippen LogP contribution in [0.3, 0.4) is 0 Å². The van der Waals surface area contributed by atoms with E-state index in [1.54, 1.807) is 7.11 Å². The number of halogens is 1. The minimum Gasteiger partial charge on any atom is -0.497 e. The lowest BCUT2D eigenvalue weighted by Gasteiger charge is -2.12. The second kappa shape index (κ2) is 7.83. The van der Waals surface area contributed by atoms with Gasteiger partial charge < -0.3 is 9.47 Å². The second-order valence-electron chi connectivity index (χ2n) is 5.95. The molecular formula is C20H18BrNO4. The molecule has 0 aliphatic carbocycles. The molecule has 1 aliphatic rings. The monoisotopic (exact) mass is 415 g/mol. The molecule has 0 aromatic heterocycles. The third kappa shape index (κ3) is 3.85. The number of benzene rings is 2. The molecule has 0 unspecified atom stereocenters. The highest BCUT2D eigenvalue weighted by Crippen LogP contribution is 2.27. The zero-order chi connectivity index (χ0) is 18.7. The molecule has 5 nitrogen and oxygen atoms in total. The third-order valence-corrected chi connectivity index (χ3v) is 4.83. The number of ketones is 1. The summed E-state index contributed by atoms with van der Waals surface area (Å²) in [5.41, 5.74) is 3.25. The van der Waals surface area contributed by atoms with Crippen molar-refractivity contribution in [2.45, 2.75) is 18.9 Å². The molecule has 0 amide bonds. The van der Waals surface area contributed by atoms with Gasteiger partial charge in [-0.05, 0) is 29.8 Å². The fourth-order valence-electron chi connectivity index (χ4n) is 2.90. The van der Waals surface area contributed by atoms with E-state index in [1.165, 1.54) is 7.11 Å². The van der Waals surface area contributed by atoms with E-state index in [1.807, 2.05) is 42.5 Å². The van der Waals surface area contributed by atoms with Gasteiger partial charge in [-0.25, -0.2) is 0 Å². The Bertz CT molecular complexity index is 874. The Hall–Kier alpha value is -2.47. The van der Waals surface area contributed by atoms with E-state index in [4.69, 9.17) is 9.47 Å². The van der Waals surface area contributed by atoms with Gasteiger partial charge in [0.2, 0.25) is 0 Å². The molecule has 134 valence electrons. The first kappa shape index (κ1) is 18.3. The van der Waals surface area contributed by atoms with E-state index < -0.39 is 12.0 Å². The van der Waals surface area contributed by atoms with Crippen molar-refractivity contribution < 1.29 is 19.1 Å². The van der Waals surface area contributed by atoms with Crippen molar-refractivity contribution in [3.63, 3.8) is 0 Å². The molecule has 1 heterocycles. The summed E-state index contributed by atoms with van der Waals surface area (Å²) in [6, 6.07) is 12.5. The van der Waals surface area contributed by atoms with Gasteiger partial charge in [0, 0.05) is 22.0 Å². The van der Waals surface area contributed by atoms with Gasteiger partial charge in [-0.15, -0.1) is 0 Å². The topological polar surface area (TPSA) is 65.0 Å². The zero-order valence-electron chi connectivity index (χ0n) is 14.5. The summed E-state index contributed by atoms with van der Waals surface area (Å²) < 4.78 is 11.0. The molecule has 3 rings (SSSR count). The standard InChI is InChI=1S/C20H18BrNO4/c1-25-15-8-5-13-9-18(23)17(11-19(24)26-2)22-20(16(13)10-15)12-3-6-14(21)7-4-12/h3-8,10,17H,9,11H2,1-2H3/t17-/m0/s1. The molecule has 0 saturated heterocycles. The van der Waals surface area contributed by atoms with Crippen LogP contribution in [0.15, 0.2) is 51.9 Å². The highest BCUT2D eigenvalue weighted by Gasteiger charge is 2.28. The average molecular weight is 416 g/mol. The summed E-state index contributed by atoms with van der Waals surface area (Å²) in [6.45, 7) is 0. The van der Waals surface area contributed by atoms with Crippen LogP contribution in [-0.2, 0) is 20.7 Å². The largest absolute Gasteiger partial charge is 0.497 e. The fourth-order valence-corrected chi connectivity index (χ4v) is 3.16. The van der Waals surface area contributed by atoms with Crippen LogP contribution in [0.25, 0.3) is 0 Å². The summed E-state index contributed by atoms with van der Waals surface area (Å²) >= 11 is 3.43. The van der Waals surface area contributed by atoms with Crippen molar-refractivity contribution in [2.75, 3.05) is 14.2 Å². The first-order valence-electron chi connectivity index (χ1n) is 8.12. The van der Waals surface area contributed by atoms with E-state index in [9.17, 15) is 9.59 Å². The summed E-state index contributed by atoms with van der Waals surface area (Å²) in [4.78, 5) is 29.0. The Morgan fingerprint density at radius 2 is 1.92 bits per heavy atom. The maximum atomic E-state index is 12.7. The lowest BCUT2D eigenvalue weighted by molar-refractivity contribution is -0.142. The van der Waals surface area contributed by atoms with Crippen molar-refractivity contribution in [1.82, 2.24) is 0 Å². The molecule has 0 fully saturated rings. The van der Waals surface area contributed by atoms with Crippen LogP contribution in [0.1, 0.15) is 23.1 Å². The minimum absolute atomic E-state index is 0.0690. The lowest BCUT2D eigenvalue weighted by atomic mass is 9.95. The maximum Gasteiger partial charge on any atom is 0.308 e. The molecule has 26 heavy (non-hydrogen) atoms. The quantitative estimate of drug-likeness (QED) is 0.718. The second-order valence-corrected chi connectivity index (χ2v) is 6.86. The van der Waals surface area contributed by atoms with Gasteiger partial charge in [-0.3, -0.25) is 14.6 Å². The van der Waals surface area contributed by atoms with Crippen molar-refractivity contribution in [1.29, 1.82) is 0 Å². The zero-order valence-corrected chi connectivity index (χ0v) is 16.1. The van der Waals surface area contributed by atoms with E-state index >= 15 is 0 Å². The third-order valence-electron chi connectivity index (χ3n) is 4.30. The van der Waals surface area contributed by atoms with E-state index in [-0.39, 0.29) is 18.6 Å². The van der Waals surface area contributed by atoms with E-state index in [0.29, 0.717) is 11.5 Å². The van der Waals surface area contributed by atoms with Crippen molar-refractivity contribution >= 4 is 33.4 Å². The molecule has 1 aliphatic heterocycles. The molecule has 2 aromatic rings. The molecule has 2 aromatic carbocycles. The van der Waals surface area contributed by atoms with Gasteiger partial charge in [-0.1, -0.05) is 34.1 Å². The van der Waals surface area contributed by atoms with Crippen LogP contribution in [0.5, 0.6) is 5.75 Å². The average Bonchev–Trinajstić information content (AvgIpc) is 2.78. The van der Waals surface area contributed by atoms with Gasteiger partial charge in [0.1, 0.15) is 11.8 Å². The Morgan fingerprint density at radius 3 is 2.58 bits per heavy atom. The van der Waals surface area contributed by atoms with Crippen molar-refractivity contribution in [3.05, 3.63) is 63.6 Å². The number of esters is 1. The Kier molecular flexibility index (Phi) is 5.52. The Labute approximate surface area is 160 Å². The number of carbonyl (C=O) groups excluding carboxylic acids is 2. The van der Waals surface area contributed by atoms with E-state index in [0.717, 1.165) is 21.2 Å². The molecule has 0 spiro atoms. The van der Waals surface area contributed by atoms with Crippen molar-refractivity contribution in [3.8, 4) is 5.75 Å². The van der Waals surface area contributed by atoms with Crippen LogP contribution in [0.4, 0.5) is 0 Å². The molecule has 1 atom stereocenters. The van der Waals surface area contributed by atoms with Crippen molar-refractivity contribution in [2.24, 2.45) is 4.99 Å². The van der Waals surface area contributed by atoms with Gasteiger partial charge in [0.15, 0.2) is 5.78 Å². The maximum absolute atomic E-state index is 12.7. The summed E-state index contributed by atoms with van der Waals surface area (Å²) in [5.74, 6) is 0.132. The van der Waals surface area contributed by atoms with Crippen LogP contribution >= 0.6 is 15.9 Å². The number of hydrogen-bond donors (Lipinski definition) is 0. The smallest absolute Gasteiger partial charge is 0.308 e. The number of carbonyl (C=O) groups is 2. The Morgan fingerprint density at radius 1 is 1.19 bits per heavy atom. The molecule has 0 bridgehead atoms. The SMILES string of the molecule is COC(=O)C[C@@H]1N=C(c2ccc(Br)cc2)c2cc(OC)ccc2CC1=O. The van der Waals surface area contributed by atoms with Gasteiger partial charge in [-0.2, -0.15) is 0 Å². The van der Waals surface area contributed by atoms with Crippen LogP contribution in [0, 0.1) is 0 Å². The number of hydrogen-bond acceptors (Lipinski definition) is 5. The van der Waals surface area contributed by atoms with Gasteiger partial charge in [0.25, 0.3) is 0 Å². The molecule has 0 saturated carbocycles. The number of aliphatic imine (C=N–C) groups is 1. The summed E-state index contributed by atoms with van der Waals surface area (Å²) in [7, 11) is 2.91. The number of nitrogens with zero attached hydrogens (tertiary/aromatic N) is 1. The minimum atomic E-state index is -0.764. The molecule has 0 N–H and O–H groups in total. The first-order chi connectivity index (χ1) is 12.5. The molecule has 0 radical (unpaired) electrons. The van der Waals surface area contributed by atoms with Crippen LogP contribution < -0.4 is 4.74 Å². The number of fused-ring (bicyclic) bond motifs is 1. The lowest BCUT2D eigenvalue weighted by Crippen LogP contribution is -2.24. The normalized spacial score (nSPS) is 16.3. The number of methoxy groups -OCH3 is 2. The number of rotatable bonds is 4. The van der Waals surface area contributed by atoms with Gasteiger partial charge >= 0.3 is 5.97 Å². The molecular weight excluding hydrogens is 398 g/mol. The summed E-state index contributed by atoms with van der Waals surface area (Å²) in [6.07, 6.45) is 0.144. The fraction of sp³-hybridized carbons (Fsp3) is 0.250. The first-order valence-corrected chi connectivity index (χ1v) is 8.91. The predicted molar refractivity (Wildman–Crippen MR) is 102 cm³/mol. The molecule has 6 heteroatoms. The highest BCUT2D eigenvalue weighted by molar-refractivity contribution is 9.10. The Balaban J connectivity index is 2.15. The number of ether oxygens (including phenoxy) is 2. The highest BCUT2D eigenvalue weighted by atomic mass is 79.9. The van der Waals surface area contributed by atoms with Gasteiger partial charge in [0.05, 0.1) is 26.4 Å². The van der Waals surface area contributed by atoms with Crippen LogP contribution in [0.2, 0.25) is 0 Å². The van der Waals surface area contributed by atoms with Crippen LogP contribution in [-0.4, -0.2) is 37.7 Å². The summed E-state index contributed by atoms with van der Waals surface area (Å²) in [5, 5.41) is 0.